The maximum absolute atomic E-state index is 4.16. The van der Waals surface area contributed by atoms with Crippen molar-refractivity contribution in [3.63, 3.8) is 0 Å². The van der Waals surface area contributed by atoms with Crippen molar-refractivity contribution in [2.24, 2.45) is 0 Å². The minimum absolute atomic E-state index is 1.03. The Bertz CT molecular complexity index is 3430. The van der Waals surface area contributed by atoms with Crippen molar-refractivity contribution in [1.29, 1.82) is 0 Å². The molecule has 11 rings (SSSR count). The van der Waals surface area contributed by atoms with Crippen LogP contribution in [0.1, 0.15) is 5.56 Å². The monoisotopic (exact) mass is 744 g/mol. The van der Waals surface area contributed by atoms with Crippen LogP contribution in [0.25, 0.3) is 103 Å². The van der Waals surface area contributed by atoms with Gasteiger partial charge in [0.15, 0.2) is 0 Å². The highest BCUT2D eigenvalue weighted by Crippen LogP contribution is 2.43. The van der Waals surface area contributed by atoms with Crippen molar-refractivity contribution in [1.82, 2.24) is 9.13 Å². The molecule has 8 aromatic carbocycles. The number of hydrogen-bond donors (Lipinski definition) is 0. The van der Waals surface area contributed by atoms with Gasteiger partial charge in [0.1, 0.15) is 0 Å². The van der Waals surface area contributed by atoms with Crippen molar-refractivity contribution < 1.29 is 0 Å². The van der Waals surface area contributed by atoms with Crippen LogP contribution in [0.15, 0.2) is 207 Å². The van der Waals surface area contributed by atoms with E-state index in [4.69, 9.17) is 0 Å². The molecule has 0 unspecified atom stereocenters. The number of para-hydroxylation sites is 2. The summed E-state index contributed by atoms with van der Waals surface area (Å²) in [6.45, 7) is 8.16. The molecule has 2 nitrogen and oxygen atoms in total. The van der Waals surface area contributed by atoms with Crippen LogP contribution >= 0.6 is 11.3 Å². The maximum Gasteiger partial charge on any atom is 0.0553 e. The Balaban J connectivity index is 1.15. The Labute approximate surface area is 334 Å². The molecule has 0 saturated carbocycles. The standard InChI is InChI=1S/C54H36N2S/c1-3-15-35(4-2)39-32-44(36-16-7-5-8-17-36)54-47-31-38(25-28-50(47)55(51(54)33-39)40-18-9-6-10-19-40)37-24-27-49-45(30-37)42-20-11-13-22-48(42)56(49)41-26-29-53-46(34-41)43-21-12-14-23-52(43)57-53/h3-34H,1-2H2/b35-15+. The molecule has 3 aromatic heterocycles. The zero-order chi connectivity index (χ0) is 38.0. The van der Waals surface area contributed by atoms with E-state index in [1.807, 2.05) is 29.6 Å². The van der Waals surface area contributed by atoms with Gasteiger partial charge >= 0.3 is 0 Å². The van der Waals surface area contributed by atoms with E-state index in [0.717, 1.165) is 27.9 Å². The summed E-state index contributed by atoms with van der Waals surface area (Å²) < 4.78 is 7.47. The van der Waals surface area contributed by atoms with E-state index in [1.165, 1.54) is 80.7 Å². The van der Waals surface area contributed by atoms with Gasteiger partial charge in [-0.05, 0) is 112 Å². The highest BCUT2D eigenvalue weighted by Gasteiger charge is 2.20. The number of fused-ring (bicyclic) bond motifs is 9. The summed E-state index contributed by atoms with van der Waals surface area (Å²) in [6.07, 6.45) is 5.79. The third-order valence-electron chi connectivity index (χ3n) is 11.4. The molecule has 0 amide bonds. The molecule has 0 aliphatic carbocycles. The third-order valence-corrected chi connectivity index (χ3v) is 12.6. The molecule has 3 heteroatoms. The quantitative estimate of drug-likeness (QED) is 0.144. The van der Waals surface area contributed by atoms with Crippen molar-refractivity contribution in [2.45, 2.75) is 0 Å². The zero-order valence-electron chi connectivity index (χ0n) is 31.2. The highest BCUT2D eigenvalue weighted by molar-refractivity contribution is 7.25. The third kappa shape index (κ3) is 5.24. The molecule has 0 aliphatic rings. The van der Waals surface area contributed by atoms with Crippen molar-refractivity contribution in [3.8, 4) is 33.6 Å². The molecule has 268 valence electrons. The SMILES string of the molecule is C=C/C=C(\C=C)c1cc(-c2ccccc2)c2c3cc(-c4ccc5c(c4)c4ccccc4n5-c4ccc5sc6ccccc6c5c4)ccc3n(-c3ccccc3)c2c1. The van der Waals surface area contributed by atoms with Gasteiger partial charge in [0.25, 0.3) is 0 Å². The van der Waals surface area contributed by atoms with E-state index >= 15 is 0 Å². The fourth-order valence-electron chi connectivity index (χ4n) is 8.89. The average molecular weight is 745 g/mol. The van der Waals surface area contributed by atoms with E-state index in [9.17, 15) is 0 Å². The van der Waals surface area contributed by atoms with Crippen LogP contribution in [0, 0.1) is 0 Å². The Morgan fingerprint density at radius 2 is 1.07 bits per heavy atom. The molecular weight excluding hydrogens is 709 g/mol. The van der Waals surface area contributed by atoms with E-state index < -0.39 is 0 Å². The molecule has 0 spiro atoms. The van der Waals surface area contributed by atoms with Gasteiger partial charge < -0.3 is 9.13 Å². The van der Waals surface area contributed by atoms with Crippen molar-refractivity contribution in [2.75, 3.05) is 0 Å². The summed E-state index contributed by atoms with van der Waals surface area (Å²) >= 11 is 1.86. The molecule has 0 N–H and O–H groups in total. The lowest BCUT2D eigenvalue weighted by atomic mass is 9.93. The van der Waals surface area contributed by atoms with Gasteiger partial charge in [-0.2, -0.15) is 0 Å². The largest absolute Gasteiger partial charge is 0.309 e. The van der Waals surface area contributed by atoms with Crippen LogP contribution in [-0.2, 0) is 0 Å². The average Bonchev–Trinajstić information content (AvgIpc) is 3.92. The van der Waals surface area contributed by atoms with Gasteiger partial charge in [-0.3, -0.25) is 0 Å². The van der Waals surface area contributed by atoms with Gasteiger partial charge in [-0.25, -0.2) is 0 Å². The van der Waals surface area contributed by atoms with Crippen LogP contribution in [0.2, 0.25) is 0 Å². The van der Waals surface area contributed by atoms with E-state index in [0.29, 0.717) is 0 Å². The lowest BCUT2D eigenvalue weighted by Gasteiger charge is -2.12. The van der Waals surface area contributed by atoms with E-state index in [-0.39, 0.29) is 0 Å². The fraction of sp³-hybridized carbons (Fsp3) is 0. The summed E-state index contributed by atoms with van der Waals surface area (Å²) in [5, 5.41) is 7.54. The molecule has 0 radical (unpaired) electrons. The van der Waals surface area contributed by atoms with Gasteiger partial charge in [-0.15, -0.1) is 11.3 Å². The Morgan fingerprint density at radius 3 is 1.84 bits per heavy atom. The smallest absolute Gasteiger partial charge is 0.0553 e. The van der Waals surface area contributed by atoms with Gasteiger partial charge in [-0.1, -0.05) is 128 Å². The summed E-state index contributed by atoms with van der Waals surface area (Å²) in [5.74, 6) is 0. The first-order chi connectivity index (χ1) is 28.2. The van der Waals surface area contributed by atoms with Crippen molar-refractivity contribution in [3.05, 3.63) is 213 Å². The Hall–Kier alpha value is -7.20. The summed E-state index contributed by atoms with van der Waals surface area (Å²) in [4.78, 5) is 0. The summed E-state index contributed by atoms with van der Waals surface area (Å²) in [7, 11) is 0. The van der Waals surface area contributed by atoms with Crippen LogP contribution in [-0.4, -0.2) is 9.13 Å². The number of allylic oxidation sites excluding steroid dienone is 4. The lowest BCUT2D eigenvalue weighted by molar-refractivity contribution is 1.18. The Morgan fingerprint density at radius 1 is 0.439 bits per heavy atom. The molecule has 0 fully saturated rings. The van der Waals surface area contributed by atoms with Gasteiger partial charge in [0, 0.05) is 53.1 Å². The van der Waals surface area contributed by atoms with Crippen LogP contribution in [0.5, 0.6) is 0 Å². The molecule has 0 saturated heterocycles. The van der Waals surface area contributed by atoms with Gasteiger partial charge in [0.2, 0.25) is 0 Å². The minimum atomic E-state index is 1.03. The number of hydrogen-bond acceptors (Lipinski definition) is 1. The van der Waals surface area contributed by atoms with Crippen LogP contribution in [0.4, 0.5) is 0 Å². The minimum Gasteiger partial charge on any atom is -0.309 e. The van der Waals surface area contributed by atoms with Crippen molar-refractivity contribution >= 4 is 80.7 Å². The fourth-order valence-corrected chi connectivity index (χ4v) is 9.97. The zero-order valence-corrected chi connectivity index (χ0v) is 32.0. The number of rotatable bonds is 7. The predicted molar refractivity (Wildman–Crippen MR) is 247 cm³/mol. The second-order valence-corrected chi connectivity index (χ2v) is 15.7. The lowest BCUT2D eigenvalue weighted by Crippen LogP contribution is -1.94. The first-order valence-corrected chi connectivity index (χ1v) is 20.1. The topological polar surface area (TPSA) is 9.86 Å². The first-order valence-electron chi connectivity index (χ1n) is 19.3. The predicted octanol–water partition coefficient (Wildman–Crippen LogP) is 15.3. The molecule has 0 aliphatic heterocycles. The summed E-state index contributed by atoms with van der Waals surface area (Å²) in [5.41, 5.74) is 13.9. The molecule has 0 bridgehead atoms. The molecule has 0 atom stereocenters. The van der Waals surface area contributed by atoms with E-state index in [2.05, 4.69) is 198 Å². The highest BCUT2D eigenvalue weighted by atomic mass is 32.1. The molecular formula is C54H36N2S. The van der Waals surface area contributed by atoms with Crippen LogP contribution in [0.3, 0.4) is 0 Å². The second kappa shape index (κ2) is 13.2. The first kappa shape index (κ1) is 33.2. The number of benzene rings is 8. The number of aromatic nitrogens is 2. The maximum atomic E-state index is 4.16. The number of nitrogens with zero attached hydrogens (tertiary/aromatic N) is 2. The second-order valence-electron chi connectivity index (χ2n) is 14.6. The Kier molecular flexibility index (Phi) is 7.70. The van der Waals surface area contributed by atoms with Gasteiger partial charge in [0.05, 0.1) is 22.1 Å². The molecule has 3 heterocycles. The molecule has 11 aromatic rings. The van der Waals surface area contributed by atoms with E-state index in [1.54, 1.807) is 0 Å². The number of thiophene rings is 1. The normalized spacial score (nSPS) is 12.1. The summed E-state index contributed by atoms with van der Waals surface area (Å²) in [6, 6.07) is 64.5. The molecule has 57 heavy (non-hydrogen) atoms. The van der Waals surface area contributed by atoms with Crippen LogP contribution < -0.4 is 0 Å².